The van der Waals surface area contributed by atoms with E-state index in [0.29, 0.717) is 46.4 Å². The van der Waals surface area contributed by atoms with E-state index < -0.39 is 10.0 Å². The molecule has 3 aromatic carbocycles. The maximum atomic E-state index is 12.8. The third-order valence-electron chi connectivity index (χ3n) is 6.28. The molecule has 11 heteroatoms. The number of carbonyl (C=O) groups is 1. The number of sulfonamides is 1. The smallest absolute Gasteiger partial charge is 0.240 e. The number of nitrogens with one attached hydrogen (secondary N) is 2. The number of fused-ring (bicyclic) bond motifs is 1. The average molecular weight is 596 g/mol. The maximum absolute atomic E-state index is 12.8. The molecule has 4 rings (SSSR count). The summed E-state index contributed by atoms with van der Waals surface area (Å²) in [4.78, 5) is 17.0. The molecule has 0 bridgehead atoms. The number of anilines is 1. The van der Waals surface area contributed by atoms with Crippen molar-refractivity contribution in [3.05, 3.63) is 89.2 Å². The molecule has 0 aliphatic carbocycles. The minimum atomic E-state index is -3.74. The van der Waals surface area contributed by atoms with Gasteiger partial charge in [-0.1, -0.05) is 17.7 Å². The molecule has 2 N–H and O–H groups in total. The zero-order valence-electron chi connectivity index (χ0n) is 22.8. The van der Waals surface area contributed by atoms with E-state index in [1.807, 2.05) is 18.2 Å². The maximum Gasteiger partial charge on any atom is 0.240 e. The number of hydrogen-bond donors (Lipinski definition) is 2. The van der Waals surface area contributed by atoms with E-state index in [4.69, 9.17) is 25.8 Å². The number of hydrogen-bond acceptors (Lipinski definition) is 8. The van der Waals surface area contributed by atoms with Crippen LogP contribution in [0.3, 0.4) is 0 Å². The molecule has 4 aromatic rings. The number of benzene rings is 3. The first-order valence-corrected chi connectivity index (χ1v) is 14.5. The zero-order chi connectivity index (χ0) is 29.4. The van der Waals surface area contributed by atoms with E-state index in [-0.39, 0.29) is 17.2 Å². The predicted molar refractivity (Wildman–Crippen MR) is 161 cm³/mol. The Labute approximate surface area is 244 Å². The molecule has 0 atom stereocenters. The van der Waals surface area contributed by atoms with Gasteiger partial charge in [0, 0.05) is 46.2 Å². The van der Waals surface area contributed by atoms with Gasteiger partial charge in [0.05, 0.1) is 38.1 Å². The molecular weight excluding hydrogens is 566 g/mol. The van der Waals surface area contributed by atoms with Crippen LogP contribution in [-0.2, 0) is 10.0 Å². The van der Waals surface area contributed by atoms with E-state index in [1.54, 1.807) is 30.6 Å². The van der Waals surface area contributed by atoms with Crippen LogP contribution in [0.15, 0.2) is 78.0 Å². The van der Waals surface area contributed by atoms with E-state index in [2.05, 4.69) is 15.0 Å². The van der Waals surface area contributed by atoms with Crippen LogP contribution in [0.4, 0.5) is 5.69 Å². The number of nitrogens with zero attached hydrogens (tertiary/aromatic N) is 1. The summed E-state index contributed by atoms with van der Waals surface area (Å²) in [5, 5.41) is 5.83. The zero-order valence-corrected chi connectivity index (χ0v) is 24.4. The van der Waals surface area contributed by atoms with Gasteiger partial charge in [0.25, 0.3) is 0 Å². The molecular formula is C30H30ClN3O6S. The number of aromatic nitrogens is 1. The Morgan fingerprint density at radius 1 is 0.927 bits per heavy atom. The Bertz CT molecular complexity index is 1670. The molecule has 0 spiro atoms. The third-order valence-corrected chi connectivity index (χ3v) is 7.99. The Kier molecular flexibility index (Phi) is 9.82. The van der Waals surface area contributed by atoms with Crippen LogP contribution < -0.4 is 24.2 Å². The van der Waals surface area contributed by atoms with Crippen molar-refractivity contribution in [3.63, 3.8) is 0 Å². The molecule has 0 saturated heterocycles. The number of ketones is 1. The van der Waals surface area contributed by atoms with Crippen LogP contribution in [0, 0.1) is 0 Å². The molecule has 214 valence electrons. The van der Waals surface area contributed by atoms with Gasteiger partial charge in [-0.25, -0.2) is 13.1 Å². The van der Waals surface area contributed by atoms with Gasteiger partial charge in [0.15, 0.2) is 17.3 Å². The molecule has 0 fully saturated rings. The summed E-state index contributed by atoms with van der Waals surface area (Å²) < 4.78 is 44.2. The van der Waals surface area contributed by atoms with Gasteiger partial charge in [-0.3, -0.25) is 9.78 Å². The summed E-state index contributed by atoms with van der Waals surface area (Å²) in [6, 6.07) is 14.8. The Balaban J connectivity index is 1.33. The number of allylic oxidation sites excluding steroid dienone is 1. The topological polar surface area (TPSA) is 116 Å². The van der Waals surface area contributed by atoms with Gasteiger partial charge in [0.1, 0.15) is 0 Å². The van der Waals surface area contributed by atoms with Crippen LogP contribution in [0.25, 0.3) is 16.8 Å². The minimum absolute atomic E-state index is 0.0719. The first kappa shape index (κ1) is 29.9. The Morgan fingerprint density at radius 2 is 1.68 bits per heavy atom. The van der Waals surface area contributed by atoms with Crippen molar-refractivity contribution >= 4 is 49.9 Å². The van der Waals surface area contributed by atoms with Gasteiger partial charge >= 0.3 is 0 Å². The first-order chi connectivity index (χ1) is 19.8. The van der Waals surface area contributed by atoms with Crippen molar-refractivity contribution in [2.24, 2.45) is 0 Å². The van der Waals surface area contributed by atoms with Crippen molar-refractivity contribution in [1.82, 2.24) is 9.71 Å². The highest BCUT2D eigenvalue weighted by atomic mass is 35.5. The van der Waals surface area contributed by atoms with Crippen molar-refractivity contribution in [2.45, 2.75) is 11.3 Å². The van der Waals surface area contributed by atoms with E-state index in [0.717, 1.165) is 16.5 Å². The van der Waals surface area contributed by atoms with Crippen LogP contribution in [0.2, 0.25) is 5.02 Å². The second-order valence-corrected chi connectivity index (χ2v) is 11.1. The minimum Gasteiger partial charge on any atom is -0.493 e. The molecule has 9 nitrogen and oxygen atoms in total. The number of halogens is 1. The SMILES string of the molecule is COc1ccc(/C=C/C(=O)c2ccc(S(=O)(=O)NCCCNc3cncc4cc(Cl)ccc34)cc2)c(OC)c1OC. The van der Waals surface area contributed by atoms with Gasteiger partial charge in [-0.2, -0.15) is 0 Å². The molecule has 41 heavy (non-hydrogen) atoms. The summed E-state index contributed by atoms with van der Waals surface area (Å²) in [5.41, 5.74) is 1.81. The summed E-state index contributed by atoms with van der Waals surface area (Å²) in [5.74, 6) is 1.05. The number of pyridine rings is 1. The highest BCUT2D eigenvalue weighted by Gasteiger charge is 2.16. The summed E-state index contributed by atoms with van der Waals surface area (Å²) in [6.07, 6.45) is 7.00. The monoisotopic (exact) mass is 595 g/mol. The molecule has 0 aliphatic rings. The van der Waals surface area contributed by atoms with Gasteiger partial charge in [-0.05, 0) is 67.1 Å². The summed E-state index contributed by atoms with van der Waals surface area (Å²) in [7, 11) is 0.782. The predicted octanol–water partition coefficient (Wildman–Crippen LogP) is 5.59. The number of carbonyl (C=O) groups excluding carboxylic acids is 1. The fraction of sp³-hybridized carbons (Fsp3) is 0.200. The lowest BCUT2D eigenvalue weighted by Crippen LogP contribution is -2.26. The van der Waals surface area contributed by atoms with E-state index in [9.17, 15) is 13.2 Å². The highest BCUT2D eigenvalue weighted by molar-refractivity contribution is 7.89. The molecule has 0 unspecified atom stereocenters. The fourth-order valence-electron chi connectivity index (χ4n) is 4.21. The second-order valence-electron chi connectivity index (χ2n) is 8.88. The standard InChI is InChI=1S/C30H30ClN3O6S/c1-38-28-14-8-21(29(39-2)30(28)40-3)7-13-27(35)20-5-10-24(11-6-20)41(36,37)34-16-4-15-33-26-19-32-18-22-17-23(31)9-12-25(22)26/h5-14,17-19,33-34H,4,15-16H2,1-3H3/b13-7+. The van der Waals surface area contributed by atoms with Crippen molar-refractivity contribution in [1.29, 1.82) is 0 Å². The quantitative estimate of drug-likeness (QED) is 0.117. The third kappa shape index (κ3) is 7.15. The van der Waals surface area contributed by atoms with E-state index in [1.165, 1.54) is 51.7 Å². The molecule has 0 saturated carbocycles. The summed E-state index contributed by atoms with van der Waals surface area (Å²) in [6.45, 7) is 0.770. The number of ether oxygens (including phenoxy) is 3. The second kappa shape index (κ2) is 13.5. The summed E-state index contributed by atoms with van der Waals surface area (Å²) >= 11 is 6.05. The molecule has 1 heterocycles. The van der Waals surface area contributed by atoms with Gasteiger partial charge < -0.3 is 19.5 Å². The lowest BCUT2D eigenvalue weighted by atomic mass is 10.1. The van der Waals surface area contributed by atoms with Crippen LogP contribution in [-0.4, -0.2) is 53.6 Å². The average Bonchev–Trinajstić information content (AvgIpc) is 2.98. The molecule has 1 aromatic heterocycles. The Hall–Kier alpha value is -4.12. The largest absolute Gasteiger partial charge is 0.493 e. The lowest BCUT2D eigenvalue weighted by Gasteiger charge is -2.13. The number of rotatable bonds is 13. The Morgan fingerprint density at radius 3 is 2.39 bits per heavy atom. The molecule has 0 radical (unpaired) electrons. The molecule has 0 amide bonds. The molecule has 0 aliphatic heterocycles. The van der Waals surface area contributed by atoms with E-state index >= 15 is 0 Å². The van der Waals surface area contributed by atoms with Gasteiger partial charge in [-0.15, -0.1) is 0 Å². The lowest BCUT2D eigenvalue weighted by molar-refractivity contribution is 0.104. The highest BCUT2D eigenvalue weighted by Crippen LogP contribution is 2.40. The first-order valence-electron chi connectivity index (χ1n) is 12.7. The van der Waals surface area contributed by atoms with Crippen molar-refractivity contribution in [3.8, 4) is 17.2 Å². The van der Waals surface area contributed by atoms with Crippen molar-refractivity contribution in [2.75, 3.05) is 39.7 Å². The number of methoxy groups -OCH3 is 3. The van der Waals surface area contributed by atoms with Crippen LogP contribution in [0.1, 0.15) is 22.3 Å². The van der Waals surface area contributed by atoms with Crippen LogP contribution in [0.5, 0.6) is 17.2 Å². The van der Waals surface area contributed by atoms with Crippen molar-refractivity contribution < 1.29 is 27.4 Å². The fourth-order valence-corrected chi connectivity index (χ4v) is 5.46. The van der Waals surface area contributed by atoms with Crippen LogP contribution >= 0.6 is 11.6 Å². The normalized spacial score (nSPS) is 11.5. The van der Waals surface area contributed by atoms with Gasteiger partial charge in [0.2, 0.25) is 15.8 Å².